The molecule has 0 aromatic heterocycles. The minimum Gasteiger partial charge on any atom is -0.334 e. The quantitative estimate of drug-likeness (QED) is 0.538. The zero-order valence-corrected chi connectivity index (χ0v) is 10.5. The van der Waals surface area contributed by atoms with Crippen LogP contribution in [0.2, 0.25) is 0 Å². The highest BCUT2D eigenvalue weighted by molar-refractivity contribution is 5.77. The minimum atomic E-state index is -0.120. The predicted octanol–water partition coefficient (Wildman–Crippen LogP) is 1.80. The Bertz CT molecular complexity index is 206. The van der Waals surface area contributed by atoms with Crippen molar-refractivity contribution in [2.24, 2.45) is 0 Å². The van der Waals surface area contributed by atoms with Crippen molar-refractivity contribution in [3.63, 3.8) is 0 Å². The summed E-state index contributed by atoms with van der Waals surface area (Å²) in [6.45, 7) is 11.3. The zero-order valence-electron chi connectivity index (χ0n) is 10.5. The third-order valence-electron chi connectivity index (χ3n) is 2.24. The first-order valence-corrected chi connectivity index (χ1v) is 5.49. The molecule has 0 aliphatic carbocycles. The molecule has 0 aromatic rings. The van der Waals surface area contributed by atoms with E-state index < -0.39 is 0 Å². The van der Waals surface area contributed by atoms with Crippen molar-refractivity contribution in [3.05, 3.63) is 12.7 Å². The maximum Gasteiger partial charge on any atom is 0.223 e. The molecule has 1 amide bonds. The Morgan fingerprint density at radius 1 is 1.47 bits per heavy atom. The fourth-order valence-corrected chi connectivity index (χ4v) is 1.43. The molecule has 0 aliphatic rings. The van der Waals surface area contributed by atoms with Gasteiger partial charge in [0.1, 0.15) is 0 Å². The van der Waals surface area contributed by atoms with E-state index in [9.17, 15) is 4.79 Å². The van der Waals surface area contributed by atoms with Crippen molar-refractivity contribution in [2.45, 2.75) is 39.2 Å². The summed E-state index contributed by atoms with van der Waals surface area (Å²) in [5, 5.41) is 3.04. The van der Waals surface area contributed by atoms with Gasteiger partial charge in [0.2, 0.25) is 5.91 Å². The van der Waals surface area contributed by atoms with E-state index in [1.165, 1.54) is 0 Å². The maximum atomic E-state index is 11.9. The average molecular weight is 212 g/mol. The number of hydrogen-bond donors (Lipinski definition) is 1. The van der Waals surface area contributed by atoms with Crippen molar-refractivity contribution in [1.82, 2.24) is 10.2 Å². The number of carbonyl (C=O) groups excluding carboxylic acids is 1. The summed E-state index contributed by atoms with van der Waals surface area (Å²) in [7, 11) is 1.90. The lowest BCUT2D eigenvalue weighted by atomic mass is 10.0. The smallest absolute Gasteiger partial charge is 0.223 e. The van der Waals surface area contributed by atoms with E-state index >= 15 is 0 Å². The van der Waals surface area contributed by atoms with E-state index in [2.05, 4.69) is 11.9 Å². The highest BCUT2D eigenvalue weighted by atomic mass is 16.2. The Balaban J connectivity index is 4.23. The van der Waals surface area contributed by atoms with Gasteiger partial charge in [-0.1, -0.05) is 6.08 Å². The van der Waals surface area contributed by atoms with Crippen LogP contribution < -0.4 is 5.32 Å². The highest BCUT2D eigenvalue weighted by Crippen LogP contribution is 2.14. The molecule has 3 heteroatoms. The maximum absolute atomic E-state index is 11.9. The van der Waals surface area contributed by atoms with Gasteiger partial charge in [-0.25, -0.2) is 0 Å². The van der Waals surface area contributed by atoms with Gasteiger partial charge >= 0.3 is 0 Å². The molecular weight excluding hydrogens is 188 g/mol. The molecule has 0 saturated carbocycles. The van der Waals surface area contributed by atoms with Crippen molar-refractivity contribution in [3.8, 4) is 0 Å². The van der Waals surface area contributed by atoms with Gasteiger partial charge in [-0.3, -0.25) is 4.79 Å². The monoisotopic (exact) mass is 212 g/mol. The number of rotatable bonds is 6. The molecule has 0 spiro atoms. The second kappa shape index (κ2) is 6.62. The Labute approximate surface area is 93.5 Å². The lowest BCUT2D eigenvalue weighted by Crippen LogP contribution is -2.45. The van der Waals surface area contributed by atoms with E-state index in [4.69, 9.17) is 0 Å². The molecule has 0 rings (SSSR count). The minimum absolute atomic E-state index is 0.120. The number of nitrogens with zero attached hydrogens (tertiary/aromatic N) is 1. The summed E-state index contributed by atoms with van der Waals surface area (Å²) in [5.74, 6) is 0.206. The normalized spacial score (nSPS) is 11.2. The van der Waals surface area contributed by atoms with Crippen LogP contribution in [-0.2, 0) is 4.79 Å². The Kier molecular flexibility index (Phi) is 6.25. The molecule has 0 radical (unpaired) electrons. The topological polar surface area (TPSA) is 32.3 Å². The molecule has 3 nitrogen and oxygen atoms in total. The first-order chi connectivity index (χ1) is 6.93. The van der Waals surface area contributed by atoms with Gasteiger partial charge < -0.3 is 10.2 Å². The molecule has 1 N–H and O–H groups in total. The predicted molar refractivity (Wildman–Crippen MR) is 64.8 cm³/mol. The summed E-state index contributed by atoms with van der Waals surface area (Å²) in [4.78, 5) is 13.8. The van der Waals surface area contributed by atoms with Crippen molar-refractivity contribution >= 4 is 5.91 Å². The molecule has 15 heavy (non-hydrogen) atoms. The molecule has 0 saturated heterocycles. The molecule has 0 unspecified atom stereocenters. The van der Waals surface area contributed by atoms with Gasteiger partial charge in [0, 0.05) is 18.5 Å². The van der Waals surface area contributed by atoms with E-state index in [0.29, 0.717) is 13.0 Å². The van der Waals surface area contributed by atoms with Crippen LogP contribution in [0.1, 0.15) is 33.6 Å². The van der Waals surface area contributed by atoms with Crippen LogP contribution in [-0.4, -0.2) is 36.5 Å². The van der Waals surface area contributed by atoms with E-state index in [1.807, 2.05) is 32.7 Å². The summed E-state index contributed by atoms with van der Waals surface area (Å²) >= 11 is 0. The fraction of sp³-hybridized carbons (Fsp3) is 0.750. The van der Waals surface area contributed by atoms with Crippen molar-refractivity contribution < 1.29 is 4.79 Å². The van der Waals surface area contributed by atoms with Crippen molar-refractivity contribution in [1.29, 1.82) is 0 Å². The average Bonchev–Trinajstić information content (AvgIpc) is 2.12. The van der Waals surface area contributed by atoms with Gasteiger partial charge in [-0.05, 0) is 40.8 Å². The Morgan fingerprint density at radius 3 is 2.47 bits per heavy atom. The largest absolute Gasteiger partial charge is 0.334 e. The number of nitrogens with one attached hydrogen (secondary N) is 1. The third kappa shape index (κ3) is 5.57. The van der Waals surface area contributed by atoms with Crippen LogP contribution in [0.15, 0.2) is 12.7 Å². The number of amides is 1. The number of hydrogen-bond acceptors (Lipinski definition) is 2. The molecule has 0 aromatic carbocycles. The standard InChI is InChI=1S/C12H24N2O/c1-6-10-14(12(2,3)4)11(15)8-7-9-13-5/h6,13H,1,7-10H2,2-5H3. The molecule has 0 aliphatic heterocycles. The van der Waals surface area contributed by atoms with E-state index in [1.54, 1.807) is 6.08 Å². The van der Waals surface area contributed by atoms with Gasteiger partial charge in [-0.15, -0.1) is 6.58 Å². The molecule has 88 valence electrons. The zero-order chi connectivity index (χ0) is 11.9. The first-order valence-electron chi connectivity index (χ1n) is 5.49. The number of carbonyl (C=O) groups is 1. The second-order valence-corrected chi connectivity index (χ2v) is 4.67. The lowest BCUT2D eigenvalue weighted by molar-refractivity contribution is -0.135. The second-order valence-electron chi connectivity index (χ2n) is 4.67. The summed E-state index contributed by atoms with van der Waals surface area (Å²) in [6.07, 6.45) is 3.27. The third-order valence-corrected chi connectivity index (χ3v) is 2.24. The van der Waals surface area contributed by atoms with Crippen LogP contribution in [0, 0.1) is 0 Å². The Hall–Kier alpha value is -0.830. The molecule has 0 bridgehead atoms. The SMILES string of the molecule is C=CCN(C(=O)CCCNC)C(C)(C)C. The van der Waals surface area contributed by atoms with Crippen LogP contribution in [0.3, 0.4) is 0 Å². The summed E-state index contributed by atoms with van der Waals surface area (Å²) < 4.78 is 0. The lowest BCUT2D eigenvalue weighted by Gasteiger charge is -2.35. The fourth-order valence-electron chi connectivity index (χ4n) is 1.43. The molecular formula is C12H24N2O. The molecule has 0 heterocycles. The molecule has 0 atom stereocenters. The highest BCUT2D eigenvalue weighted by Gasteiger charge is 2.24. The van der Waals surface area contributed by atoms with Crippen LogP contribution >= 0.6 is 0 Å². The first kappa shape index (κ1) is 14.2. The Morgan fingerprint density at radius 2 is 2.07 bits per heavy atom. The summed E-state index contributed by atoms with van der Waals surface area (Å²) in [6, 6.07) is 0. The van der Waals surface area contributed by atoms with Gasteiger partial charge in [0.25, 0.3) is 0 Å². The van der Waals surface area contributed by atoms with Gasteiger partial charge in [0.05, 0.1) is 0 Å². The van der Waals surface area contributed by atoms with Crippen molar-refractivity contribution in [2.75, 3.05) is 20.1 Å². The summed E-state index contributed by atoms with van der Waals surface area (Å²) in [5.41, 5.74) is -0.120. The van der Waals surface area contributed by atoms with Crippen LogP contribution in [0.5, 0.6) is 0 Å². The van der Waals surface area contributed by atoms with E-state index in [-0.39, 0.29) is 11.4 Å². The van der Waals surface area contributed by atoms with Crippen LogP contribution in [0.4, 0.5) is 0 Å². The van der Waals surface area contributed by atoms with Gasteiger partial charge in [-0.2, -0.15) is 0 Å². The van der Waals surface area contributed by atoms with Crippen LogP contribution in [0.25, 0.3) is 0 Å². The van der Waals surface area contributed by atoms with Gasteiger partial charge in [0.15, 0.2) is 0 Å². The van der Waals surface area contributed by atoms with E-state index in [0.717, 1.165) is 13.0 Å². The molecule has 0 fully saturated rings.